The van der Waals surface area contributed by atoms with Gasteiger partial charge in [-0.25, -0.2) is 13.8 Å². The van der Waals surface area contributed by atoms with E-state index in [1.54, 1.807) is 36.4 Å². The summed E-state index contributed by atoms with van der Waals surface area (Å²) in [4.78, 5) is 22.8. The summed E-state index contributed by atoms with van der Waals surface area (Å²) in [5, 5.41) is 14.7. The van der Waals surface area contributed by atoms with E-state index in [4.69, 9.17) is 4.42 Å². The molecule has 4 aromatic rings. The summed E-state index contributed by atoms with van der Waals surface area (Å²) in [6.07, 6.45) is 2.46. The van der Waals surface area contributed by atoms with Gasteiger partial charge in [0.1, 0.15) is 11.5 Å². The smallest absolute Gasteiger partial charge is 0.271 e. The van der Waals surface area contributed by atoms with Crippen molar-refractivity contribution in [3.63, 3.8) is 0 Å². The van der Waals surface area contributed by atoms with Gasteiger partial charge in [-0.05, 0) is 54.1 Å². The van der Waals surface area contributed by atoms with Crippen LogP contribution in [0.15, 0.2) is 101 Å². The largest absolute Gasteiger partial charge is 0.455 e. The van der Waals surface area contributed by atoms with E-state index in [1.165, 1.54) is 34.8 Å². The molecular weight excluding hydrogens is 496 g/mol. The van der Waals surface area contributed by atoms with Crippen LogP contribution in [-0.4, -0.2) is 31.7 Å². The van der Waals surface area contributed by atoms with Gasteiger partial charge in [-0.1, -0.05) is 30.3 Å². The Hall–Kier alpha value is -4.77. The number of furan rings is 1. The van der Waals surface area contributed by atoms with Gasteiger partial charge in [-0.2, -0.15) is 5.10 Å². The number of anilines is 1. The highest BCUT2D eigenvalue weighted by molar-refractivity contribution is 7.92. The number of hydrogen-bond acceptors (Lipinski definition) is 7. The molecule has 0 bridgehead atoms. The standard InChI is InChI=1S/C26H22N4O6S/c1-37(34,35)29(18-19-5-3-2-4-6-19)22-11-9-21(10-12-22)26(31)28-27-17-24-15-16-25(36-24)20-7-13-23(14-8-20)30(32)33/h2-17H,18H2,1H3,(H,28,31)/b27-17-. The number of non-ortho nitro benzene ring substituents is 1. The molecule has 3 aromatic carbocycles. The van der Waals surface area contributed by atoms with E-state index < -0.39 is 20.9 Å². The zero-order valence-corrected chi connectivity index (χ0v) is 20.5. The maximum Gasteiger partial charge on any atom is 0.271 e. The van der Waals surface area contributed by atoms with Crippen molar-refractivity contribution in [1.82, 2.24) is 5.43 Å². The van der Waals surface area contributed by atoms with Gasteiger partial charge in [0, 0.05) is 23.3 Å². The van der Waals surface area contributed by atoms with Crippen LogP contribution in [0.25, 0.3) is 11.3 Å². The number of nitrogens with one attached hydrogen (secondary N) is 1. The van der Waals surface area contributed by atoms with Crippen molar-refractivity contribution in [2.45, 2.75) is 6.54 Å². The van der Waals surface area contributed by atoms with Crippen LogP contribution in [0.2, 0.25) is 0 Å². The van der Waals surface area contributed by atoms with E-state index in [0.717, 1.165) is 11.8 Å². The van der Waals surface area contributed by atoms with Gasteiger partial charge in [-0.15, -0.1) is 0 Å². The molecule has 0 aliphatic heterocycles. The summed E-state index contributed by atoms with van der Waals surface area (Å²) < 4.78 is 31.6. The molecule has 11 heteroatoms. The molecule has 0 fully saturated rings. The quantitative estimate of drug-likeness (QED) is 0.196. The minimum absolute atomic E-state index is 0.0203. The molecule has 188 valence electrons. The molecule has 4 rings (SSSR count). The first-order valence-corrected chi connectivity index (χ1v) is 12.9. The molecule has 10 nitrogen and oxygen atoms in total. The molecule has 0 saturated carbocycles. The second kappa shape index (κ2) is 10.9. The summed E-state index contributed by atoms with van der Waals surface area (Å²) in [6.45, 7) is 0.167. The predicted molar refractivity (Wildman–Crippen MR) is 140 cm³/mol. The third-order valence-corrected chi connectivity index (χ3v) is 6.47. The first-order valence-electron chi connectivity index (χ1n) is 11.0. The SMILES string of the molecule is CS(=O)(=O)N(Cc1ccccc1)c1ccc(C(=O)N/N=C\c2ccc(-c3ccc([N+](=O)[O-])cc3)o2)cc1. The molecule has 0 aliphatic rings. The molecule has 0 saturated heterocycles. The van der Waals surface area contributed by atoms with E-state index in [0.29, 0.717) is 28.3 Å². The van der Waals surface area contributed by atoms with E-state index in [1.807, 2.05) is 30.3 Å². The molecule has 1 N–H and O–H groups in total. The summed E-state index contributed by atoms with van der Waals surface area (Å²) in [7, 11) is -3.55. The monoisotopic (exact) mass is 518 g/mol. The highest BCUT2D eigenvalue weighted by Gasteiger charge is 2.18. The number of carbonyl (C=O) groups excluding carboxylic acids is 1. The lowest BCUT2D eigenvalue weighted by Gasteiger charge is -2.22. The molecular formula is C26H22N4O6S. The lowest BCUT2D eigenvalue weighted by Crippen LogP contribution is -2.29. The van der Waals surface area contributed by atoms with E-state index in [9.17, 15) is 23.3 Å². The summed E-state index contributed by atoms with van der Waals surface area (Å²) >= 11 is 0. The fraction of sp³-hybridized carbons (Fsp3) is 0.0769. The molecule has 0 radical (unpaired) electrons. The number of carbonyl (C=O) groups is 1. The second-order valence-electron chi connectivity index (χ2n) is 8.01. The first kappa shape index (κ1) is 25.3. The van der Waals surface area contributed by atoms with E-state index >= 15 is 0 Å². The fourth-order valence-electron chi connectivity index (χ4n) is 3.47. The molecule has 1 amide bonds. The van der Waals surface area contributed by atoms with Gasteiger partial charge in [0.2, 0.25) is 10.0 Å². The average Bonchev–Trinajstić information content (AvgIpc) is 3.36. The van der Waals surface area contributed by atoms with Crippen LogP contribution in [0.3, 0.4) is 0 Å². The summed E-state index contributed by atoms with van der Waals surface area (Å²) in [5.41, 5.74) is 4.59. The molecule has 0 spiro atoms. The Bertz CT molecular complexity index is 1530. The topological polar surface area (TPSA) is 135 Å². The Balaban J connectivity index is 1.39. The lowest BCUT2D eigenvalue weighted by atomic mass is 10.1. The Kier molecular flexibility index (Phi) is 7.44. The second-order valence-corrected chi connectivity index (χ2v) is 9.91. The summed E-state index contributed by atoms with van der Waals surface area (Å²) in [6, 6.07) is 24.6. The van der Waals surface area contributed by atoms with E-state index in [-0.39, 0.29) is 12.2 Å². The number of hydrogen-bond donors (Lipinski definition) is 1. The zero-order chi connectivity index (χ0) is 26.4. The normalized spacial score (nSPS) is 11.4. The Morgan fingerprint density at radius 1 is 1.00 bits per heavy atom. The van der Waals surface area contributed by atoms with Crippen LogP contribution in [0.5, 0.6) is 0 Å². The van der Waals surface area contributed by atoms with Crippen LogP contribution in [0.4, 0.5) is 11.4 Å². The summed E-state index contributed by atoms with van der Waals surface area (Å²) in [5.74, 6) is 0.372. The molecule has 0 aliphatic carbocycles. The maximum absolute atomic E-state index is 12.5. The molecule has 0 unspecified atom stereocenters. The Morgan fingerprint density at radius 2 is 1.68 bits per heavy atom. The van der Waals surface area contributed by atoms with Crippen molar-refractivity contribution in [2.24, 2.45) is 5.10 Å². The lowest BCUT2D eigenvalue weighted by molar-refractivity contribution is -0.384. The highest BCUT2D eigenvalue weighted by atomic mass is 32.2. The number of benzene rings is 3. The number of nitrogens with zero attached hydrogens (tertiary/aromatic N) is 3. The van der Waals surface area contributed by atoms with E-state index in [2.05, 4.69) is 10.5 Å². The van der Waals surface area contributed by atoms with Crippen LogP contribution in [0.1, 0.15) is 21.7 Å². The van der Waals surface area contributed by atoms with Gasteiger partial charge in [-0.3, -0.25) is 19.2 Å². The van der Waals surface area contributed by atoms with Crippen molar-refractivity contribution in [3.05, 3.63) is 118 Å². The van der Waals surface area contributed by atoms with Crippen molar-refractivity contribution >= 4 is 33.5 Å². The number of rotatable bonds is 9. The van der Waals surface area contributed by atoms with Gasteiger partial charge in [0.25, 0.3) is 11.6 Å². The van der Waals surface area contributed by atoms with Gasteiger partial charge < -0.3 is 4.42 Å². The molecule has 1 heterocycles. The number of sulfonamides is 1. The third-order valence-electron chi connectivity index (χ3n) is 5.33. The highest BCUT2D eigenvalue weighted by Crippen LogP contribution is 2.24. The molecule has 1 aromatic heterocycles. The van der Waals surface area contributed by atoms with Crippen molar-refractivity contribution in [3.8, 4) is 11.3 Å². The zero-order valence-electron chi connectivity index (χ0n) is 19.6. The average molecular weight is 519 g/mol. The maximum atomic E-state index is 12.5. The number of nitro groups is 1. The minimum Gasteiger partial charge on any atom is -0.455 e. The minimum atomic E-state index is -3.55. The fourth-order valence-corrected chi connectivity index (χ4v) is 4.36. The van der Waals surface area contributed by atoms with Crippen LogP contribution >= 0.6 is 0 Å². The van der Waals surface area contributed by atoms with Gasteiger partial charge in [0.15, 0.2) is 0 Å². The predicted octanol–water partition coefficient (Wildman–Crippen LogP) is 4.58. The van der Waals surface area contributed by atoms with Crippen molar-refractivity contribution in [2.75, 3.05) is 10.6 Å². The molecule has 37 heavy (non-hydrogen) atoms. The molecule has 0 atom stereocenters. The first-order chi connectivity index (χ1) is 17.7. The van der Waals surface area contributed by atoms with Gasteiger partial charge >= 0.3 is 0 Å². The van der Waals surface area contributed by atoms with Crippen LogP contribution in [0, 0.1) is 10.1 Å². The number of nitro benzene ring substituents is 1. The van der Waals surface area contributed by atoms with Crippen LogP contribution < -0.4 is 9.73 Å². The third kappa shape index (κ3) is 6.47. The van der Waals surface area contributed by atoms with Gasteiger partial charge in [0.05, 0.1) is 29.6 Å². The van der Waals surface area contributed by atoms with Crippen molar-refractivity contribution in [1.29, 1.82) is 0 Å². The number of hydrazone groups is 1. The van der Waals surface area contributed by atoms with Crippen molar-refractivity contribution < 1.29 is 22.6 Å². The number of amides is 1. The Labute approximate surface area is 213 Å². The Morgan fingerprint density at radius 3 is 2.30 bits per heavy atom. The van der Waals surface area contributed by atoms with Crippen LogP contribution in [-0.2, 0) is 16.6 Å².